The molecule has 80 valence electrons. The van der Waals surface area contributed by atoms with Crippen LogP contribution in [-0.2, 0) is 13.5 Å². The van der Waals surface area contributed by atoms with Crippen LogP contribution < -0.4 is 5.73 Å². The first kappa shape index (κ1) is 9.70. The fourth-order valence-corrected chi connectivity index (χ4v) is 1.50. The Morgan fingerprint density at radius 1 is 1.40 bits per heavy atom. The van der Waals surface area contributed by atoms with Gasteiger partial charge in [-0.15, -0.1) is 10.2 Å². The van der Waals surface area contributed by atoms with E-state index in [9.17, 15) is 0 Å². The number of nitrogen functional groups attached to an aromatic ring is 1. The lowest BCUT2D eigenvalue weighted by atomic mass is 10.2. The number of nitrogens with zero attached hydrogens (tertiary/aromatic N) is 4. The molecule has 0 saturated heterocycles. The van der Waals surface area contributed by atoms with Gasteiger partial charge in [-0.25, -0.2) is 0 Å². The Labute approximate surface area is 87.1 Å². The van der Waals surface area contributed by atoms with Crippen LogP contribution in [0.1, 0.15) is 18.5 Å². The first-order valence-corrected chi connectivity index (χ1v) is 4.75. The maximum absolute atomic E-state index is 5.94. The second-order valence-corrected chi connectivity index (χ2v) is 3.31. The summed E-state index contributed by atoms with van der Waals surface area (Å²) < 4.78 is 6.99. The molecule has 2 N–H and O–H groups in total. The van der Waals surface area contributed by atoms with Crippen LogP contribution >= 0.6 is 0 Å². The molecule has 0 spiro atoms. The molecule has 0 fully saturated rings. The summed E-state index contributed by atoms with van der Waals surface area (Å²) in [5.74, 6) is 0.934. The van der Waals surface area contributed by atoms with Gasteiger partial charge in [0.05, 0.1) is 11.4 Å². The Kier molecular flexibility index (Phi) is 2.18. The van der Waals surface area contributed by atoms with Gasteiger partial charge in [-0.3, -0.25) is 4.68 Å². The molecular weight excluding hydrogens is 194 g/mol. The van der Waals surface area contributed by atoms with Gasteiger partial charge in [0.2, 0.25) is 5.89 Å². The SMILES string of the molecule is CCc1nn(C)c(-c2nnc(C)o2)c1N. The van der Waals surface area contributed by atoms with Gasteiger partial charge in [0.15, 0.2) is 0 Å². The van der Waals surface area contributed by atoms with Crippen LogP contribution in [0.5, 0.6) is 0 Å². The molecule has 2 aromatic heterocycles. The van der Waals surface area contributed by atoms with Gasteiger partial charge in [-0.05, 0) is 6.42 Å². The maximum atomic E-state index is 5.94. The smallest absolute Gasteiger partial charge is 0.268 e. The van der Waals surface area contributed by atoms with Gasteiger partial charge in [0, 0.05) is 14.0 Å². The van der Waals surface area contributed by atoms with Crippen molar-refractivity contribution in [3.63, 3.8) is 0 Å². The molecule has 0 radical (unpaired) electrons. The van der Waals surface area contributed by atoms with Crippen LogP contribution in [0.15, 0.2) is 4.42 Å². The largest absolute Gasteiger partial charge is 0.420 e. The minimum absolute atomic E-state index is 0.416. The van der Waals surface area contributed by atoms with Crippen LogP contribution in [0.25, 0.3) is 11.6 Å². The maximum Gasteiger partial charge on any atom is 0.268 e. The molecule has 0 bridgehead atoms. The van der Waals surface area contributed by atoms with Crippen molar-refractivity contribution in [3.05, 3.63) is 11.6 Å². The third-order valence-corrected chi connectivity index (χ3v) is 2.22. The summed E-state index contributed by atoms with van der Waals surface area (Å²) in [5, 5.41) is 12.0. The topological polar surface area (TPSA) is 82.8 Å². The number of aromatic nitrogens is 4. The van der Waals surface area contributed by atoms with Crippen molar-refractivity contribution < 1.29 is 4.42 Å². The molecule has 2 aromatic rings. The summed E-state index contributed by atoms with van der Waals surface area (Å²) >= 11 is 0. The van der Waals surface area contributed by atoms with E-state index in [2.05, 4.69) is 15.3 Å². The summed E-state index contributed by atoms with van der Waals surface area (Å²) in [6.07, 6.45) is 0.785. The van der Waals surface area contributed by atoms with Crippen LogP contribution in [0.3, 0.4) is 0 Å². The summed E-state index contributed by atoms with van der Waals surface area (Å²) in [5.41, 5.74) is 8.10. The fourth-order valence-electron chi connectivity index (χ4n) is 1.50. The van der Waals surface area contributed by atoms with Gasteiger partial charge >= 0.3 is 0 Å². The van der Waals surface area contributed by atoms with Gasteiger partial charge < -0.3 is 10.2 Å². The molecule has 2 heterocycles. The van der Waals surface area contributed by atoms with E-state index < -0.39 is 0 Å². The fraction of sp³-hybridized carbons (Fsp3) is 0.444. The van der Waals surface area contributed by atoms with Crippen molar-refractivity contribution in [2.75, 3.05) is 5.73 Å². The highest BCUT2D eigenvalue weighted by Crippen LogP contribution is 2.26. The number of nitrogens with two attached hydrogens (primary N) is 1. The predicted octanol–water partition coefficient (Wildman–Crippen LogP) is 0.923. The number of anilines is 1. The molecule has 0 aliphatic heterocycles. The number of aryl methyl sites for hydroxylation is 3. The lowest BCUT2D eigenvalue weighted by Gasteiger charge is -1.96. The van der Waals surface area contributed by atoms with Crippen molar-refractivity contribution in [2.45, 2.75) is 20.3 Å². The Hall–Kier alpha value is -1.85. The van der Waals surface area contributed by atoms with E-state index in [1.165, 1.54) is 0 Å². The first-order valence-electron chi connectivity index (χ1n) is 4.75. The predicted molar refractivity (Wildman–Crippen MR) is 55.0 cm³/mol. The standard InChI is InChI=1S/C9H13N5O/c1-4-6-7(10)8(14(3)13-6)9-12-11-5(2)15-9/h4,10H2,1-3H3. The lowest BCUT2D eigenvalue weighted by molar-refractivity contribution is 0.526. The van der Waals surface area contributed by atoms with E-state index in [0.717, 1.165) is 12.1 Å². The van der Waals surface area contributed by atoms with Gasteiger partial charge in [0.1, 0.15) is 5.69 Å². The van der Waals surface area contributed by atoms with Gasteiger partial charge in [-0.1, -0.05) is 6.92 Å². The molecule has 6 nitrogen and oxygen atoms in total. The molecule has 15 heavy (non-hydrogen) atoms. The molecule has 2 rings (SSSR count). The van der Waals surface area contributed by atoms with Crippen molar-refractivity contribution >= 4 is 5.69 Å². The van der Waals surface area contributed by atoms with Crippen LogP contribution in [0, 0.1) is 6.92 Å². The van der Waals surface area contributed by atoms with E-state index >= 15 is 0 Å². The molecule has 0 aliphatic carbocycles. The highest BCUT2D eigenvalue weighted by Gasteiger charge is 2.18. The lowest BCUT2D eigenvalue weighted by Crippen LogP contribution is -1.95. The Bertz CT molecular complexity index is 485. The molecular formula is C9H13N5O. The van der Waals surface area contributed by atoms with Crippen LogP contribution in [-0.4, -0.2) is 20.0 Å². The van der Waals surface area contributed by atoms with Gasteiger partial charge in [0.25, 0.3) is 5.89 Å². The second-order valence-electron chi connectivity index (χ2n) is 3.31. The first-order chi connectivity index (χ1) is 7.13. The Morgan fingerprint density at radius 2 is 2.13 bits per heavy atom. The van der Waals surface area contributed by atoms with Gasteiger partial charge in [-0.2, -0.15) is 5.10 Å². The second kappa shape index (κ2) is 3.38. The quantitative estimate of drug-likeness (QED) is 0.791. The molecule has 0 aliphatic rings. The number of rotatable bonds is 2. The molecule has 0 unspecified atom stereocenters. The number of hydrogen-bond donors (Lipinski definition) is 1. The average Bonchev–Trinajstić information content (AvgIpc) is 2.71. The summed E-state index contributed by atoms with van der Waals surface area (Å²) in [6.45, 7) is 3.74. The molecule has 0 amide bonds. The third kappa shape index (κ3) is 1.47. The van der Waals surface area contributed by atoms with Crippen molar-refractivity contribution in [1.29, 1.82) is 0 Å². The van der Waals surface area contributed by atoms with E-state index in [4.69, 9.17) is 10.2 Å². The zero-order valence-electron chi connectivity index (χ0n) is 8.98. The minimum atomic E-state index is 0.416. The zero-order chi connectivity index (χ0) is 11.0. The monoisotopic (exact) mass is 207 g/mol. The Morgan fingerprint density at radius 3 is 2.60 bits per heavy atom. The zero-order valence-corrected chi connectivity index (χ0v) is 8.98. The van der Waals surface area contributed by atoms with Crippen molar-refractivity contribution in [1.82, 2.24) is 20.0 Å². The van der Waals surface area contributed by atoms with E-state index in [1.54, 1.807) is 11.6 Å². The molecule has 0 aromatic carbocycles. The van der Waals surface area contributed by atoms with E-state index in [0.29, 0.717) is 23.2 Å². The molecule has 0 saturated carbocycles. The number of hydrogen-bond acceptors (Lipinski definition) is 5. The summed E-state index contributed by atoms with van der Waals surface area (Å²) in [6, 6.07) is 0. The normalized spacial score (nSPS) is 10.9. The average molecular weight is 207 g/mol. The third-order valence-electron chi connectivity index (χ3n) is 2.22. The summed E-state index contributed by atoms with van der Waals surface area (Å²) in [4.78, 5) is 0. The molecule has 0 atom stereocenters. The Balaban J connectivity index is 2.57. The van der Waals surface area contributed by atoms with Crippen molar-refractivity contribution in [3.8, 4) is 11.6 Å². The van der Waals surface area contributed by atoms with Crippen LogP contribution in [0.2, 0.25) is 0 Å². The highest BCUT2D eigenvalue weighted by atomic mass is 16.4. The summed E-state index contributed by atoms with van der Waals surface area (Å²) in [7, 11) is 1.81. The van der Waals surface area contributed by atoms with Crippen molar-refractivity contribution in [2.24, 2.45) is 7.05 Å². The molecule has 6 heteroatoms. The van der Waals surface area contributed by atoms with E-state index in [-0.39, 0.29) is 0 Å². The highest BCUT2D eigenvalue weighted by molar-refractivity contribution is 5.68. The van der Waals surface area contributed by atoms with E-state index in [1.807, 2.05) is 14.0 Å². The minimum Gasteiger partial charge on any atom is -0.420 e. The van der Waals surface area contributed by atoms with Crippen LogP contribution in [0.4, 0.5) is 5.69 Å².